The molecule has 41 heavy (non-hydrogen) atoms. The molecule has 0 unspecified atom stereocenters. The molecule has 5 rings (SSSR count). The van der Waals surface area contributed by atoms with Crippen molar-refractivity contribution in [1.82, 2.24) is 14.6 Å². The van der Waals surface area contributed by atoms with Gasteiger partial charge in [-0.25, -0.2) is 9.98 Å². The van der Waals surface area contributed by atoms with E-state index in [1.165, 1.54) is 36.5 Å². The number of H-pyrrole nitrogens is 1. The monoisotopic (exact) mass is 542 g/mol. The van der Waals surface area contributed by atoms with Crippen LogP contribution >= 0.6 is 0 Å². The molecule has 12 nitrogen and oxygen atoms in total. The van der Waals surface area contributed by atoms with Gasteiger partial charge in [-0.15, -0.1) is 0 Å². The highest BCUT2D eigenvalue weighted by atomic mass is 16.6. The second-order valence-electron chi connectivity index (χ2n) is 8.70. The molecule has 0 spiro atoms. The number of imidazole rings is 1. The number of pyridine rings is 1. The van der Waals surface area contributed by atoms with E-state index in [1.54, 1.807) is 31.2 Å². The van der Waals surface area contributed by atoms with Crippen LogP contribution in [0.15, 0.2) is 87.7 Å². The van der Waals surface area contributed by atoms with Crippen molar-refractivity contribution < 1.29 is 10.0 Å². The molecule has 0 aliphatic heterocycles. The zero-order valence-electron chi connectivity index (χ0n) is 21.3. The minimum atomic E-state index is -0.875. The number of nitro benzene ring substituents is 1. The molecule has 0 fully saturated rings. The van der Waals surface area contributed by atoms with Gasteiger partial charge >= 0.3 is 0 Å². The van der Waals surface area contributed by atoms with Crippen LogP contribution in [0.1, 0.15) is 29.4 Å². The van der Waals surface area contributed by atoms with E-state index in [4.69, 9.17) is 0 Å². The molecule has 0 saturated carbocycles. The van der Waals surface area contributed by atoms with Gasteiger partial charge in [-0.05, 0) is 48.9 Å². The zero-order chi connectivity index (χ0) is 29.1. The first-order valence-corrected chi connectivity index (χ1v) is 12.0. The molecule has 0 saturated heterocycles. The Bertz CT molecular complexity index is 2010. The molecule has 0 atom stereocenters. The van der Waals surface area contributed by atoms with E-state index >= 15 is 0 Å². The topological polar surface area (TPSA) is 186 Å². The molecule has 2 heterocycles. The molecule has 5 aromatic rings. The molecule has 0 aliphatic carbocycles. The number of aliphatic imine (C=N–C) groups is 1. The van der Waals surface area contributed by atoms with Crippen LogP contribution in [0.3, 0.4) is 0 Å². The number of nitro groups is 1. The van der Waals surface area contributed by atoms with E-state index in [9.17, 15) is 30.5 Å². The third-order valence-corrected chi connectivity index (χ3v) is 6.17. The van der Waals surface area contributed by atoms with Gasteiger partial charge in [0.05, 0.1) is 16.0 Å². The summed E-state index contributed by atoms with van der Waals surface area (Å²) in [6.45, 7) is 1.60. The van der Waals surface area contributed by atoms with Crippen molar-refractivity contribution in [3.63, 3.8) is 0 Å². The number of para-hydroxylation sites is 3. The Kier molecular flexibility index (Phi) is 6.88. The van der Waals surface area contributed by atoms with Crippen LogP contribution in [-0.4, -0.2) is 36.6 Å². The van der Waals surface area contributed by atoms with Crippen LogP contribution in [-0.2, 0) is 0 Å². The maximum Gasteiger partial charge on any atom is 0.291 e. The maximum atomic E-state index is 13.7. The number of hydrogen-bond donors (Lipinski definition) is 2. The average Bonchev–Trinajstić information content (AvgIpc) is 3.42. The van der Waals surface area contributed by atoms with Crippen molar-refractivity contribution in [2.75, 3.05) is 0 Å². The van der Waals surface area contributed by atoms with E-state index < -0.39 is 16.0 Å². The fourth-order valence-electron chi connectivity index (χ4n) is 4.16. The summed E-state index contributed by atoms with van der Waals surface area (Å²) >= 11 is 0. The quantitative estimate of drug-likeness (QED) is 0.176. The number of hydrogen-bond acceptors (Lipinski definition) is 9. The van der Waals surface area contributed by atoms with Crippen LogP contribution in [0, 0.1) is 32.8 Å². The van der Waals surface area contributed by atoms with Gasteiger partial charge < -0.3 is 10.1 Å². The van der Waals surface area contributed by atoms with Crippen LogP contribution < -0.4 is 5.56 Å². The Balaban J connectivity index is 1.80. The molecule has 198 valence electrons. The van der Waals surface area contributed by atoms with Crippen LogP contribution in [0.4, 0.5) is 11.5 Å². The highest BCUT2D eigenvalue weighted by Gasteiger charge is 2.24. The van der Waals surface area contributed by atoms with Gasteiger partial charge in [-0.2, -0.15) is 20.3 Å². The Morgan fingerprint density at radius 3 is 2.39 bits per heavy atom. The molecular formula is C29H18N8O4. The van der Waals surface area contributed by atoms with Crippen molar-refractivity contribution in [1.29, 1.82) is 10.5 Å². The fourth-order valence-corrected chi connectivity index (χ4v) is 4.16. The Labute approximate surface area is 231 Å². The number of nitriles is 2. The van der Waals surface area contributed by atoms with E-state index in [-0.39, 0.29) is 39.7 Å². The number of rotatable bonds is 6. The third-order valence-electron chi connectivity index (χ3n) is 6.17. The number of nitrogens with zero attached hydrogens (tertiary/aromatic N) is 7. The smallest absolute Gasteiger partial charge is 0.291 e. The molecular weight excluding hydrogens is 524 g/mol. The molecule has 0 radical (unpaired) electrons. The molecule has 0 amide bonds. The predicted octanol–water partition coefficient (Wildman–Crippen LogP) is 4.77. The second kappa shape index (κ2) is 10.8. The van der Waals surface area contributed by atoms with Crippen LogP contribution in [0.2, 0.25) is 0 Å². The number of fused-ring (bicyclic) bond motifs is 1. The number of phenolic OH excluding ortho intramolecular Hbond substituents is 1. The summed E-state index contributed by atoms with van der Waals surface area (Å²) in [5.41, 5.74) is 0.491. The summed E-state index contributed by atoms with van der Waals surface area (Å²) in [4.78, 5) is 36.3. The second-order valence-corrected chi connectivity index (χ2v) is 8.70. The molecule has 0 aliphatic rings. The Morgan fingerprint density at radius 1 is 1.05 bits per heavy atom. The summed E-state index contributed by atoms with van der Waals surface area (Å²) in [7, 11) is 0. The van der Waals surface area contributed by atoms with Gasteiger partial charge in [0.15, 0.2) is 11.6 Å². The van der Waals surface area contributed by atoms with E-state index in [0.29, 0.717) is 16.9 Å². The minimum Gasteiger partial charge on any atom is -0.507 e. The summed E-state index contributed by atoms with van der Waals surface area (Å²) in [6, 6.07) is 22.6. The number of nitrogens with one attached hydrogen (secondary N) is 1. The Hall–Kier alpha value is -6.40. The fraction of sp³-hybridized carbons (Fsp3) is 0.0345. The van der Waals surface area contributed by atoms with Gasteiger partial charge in [0, 0.05) is 29.5 Å². The molecule has 2 N–H and O–H groups in total. The highest BCUT2D eigenvalue weighted by molar-refractivity contribution is 5.98. The summed E-state index contributed by atoms with van der Waals surface area (Å²) < 4.78 is 0.838. The van der Waals surface area contributed by atoms with Gasteiger partial charge in [0.2, 0.25) is 0 Å². The van der Waals surface area contributed by atoms with Crippen LogP contribution in [0.25, 0.3) is 22.2 Å². The first-order chi connectivity index (χ1) is 19.8. The molecule has 3 aromatic carbocycles. The third kappa shape index (κ3) is 4.92. The molecule has 0 bridgehead atoms. The number of aromatic nitrogens is 3. The standard InChI is InChI=1S/C29H18N8O4/c1-17(27-33-23-7-3-4-8-24(23)34-27)35-36-28(32-16-19-6-2-5-9-25(19)38)21(14-30)26(22(15-31)29(36)39)18-10-12-20(13-11-18)37(40)41/h2-13,16,38H,1H3,(H,33,34)/b32-16+,35-17+. The van der Waals surface area contributed by atoms with E-state index in [1.807, 2.05) is 30.3 Å². The normalized spacial score (nSPS) is 11.4. The van der Waals surface area contributed by atoms with Crippen molar-refractivity contribution >= 4 is 34.5 Å². The molecule has 2 aromatic heterocycles. The lowest BCUT2D eigenvalue weighted by Gasteiger charge is -2.13. The lowest BCUT2D eigenvalue weighted by atomic mass is 9.96. The first kappa shape index (κ1) is 26.2. The zero-order valence-corrected chi connectivity index (χ0v) is 21.3. The Morgan fingerprint density at radius 2 is 1.73 bits per heavy atom. The summed E-state index contributed by atoms with van der Waals surface area (Å²) in [6.07, 6.45) is 1.26. The van der Waals surface area contributed by atoms with E-state index in [2.05, 4.69) is 20.1 Å². The van der Waals surface area contributed by atoms with Gasteiger partial charge in [0.25, 0.3) is 11.2 Å². The number of benzene rings is 3. The number of aromatic hydroxyl groups is 1. The maximum absolute atomic E-state index is 13.7. The largest absolute Gasteiger partial charge is 0.507 e. The van der Waals surface area contributed by atoms with Crippen molar-refractivity contribution in [2.45, 2.75) is 6.92 Å². The first-order valence-electron chi connectivity index (χ1n) is 12.0. The van der Waals surface area contributed by atoms with Gasteiger partial charge in [-0.3, -0.25) is 14.9 Å². The van der Waals surface area contributed by atoms with Crippen molar-refractivity contribution in [3.8, 4) is 29.0 Å². The SMILES string of the molecule is C/C(=N\n1c(/N=C/c2ccccc2O)c(C#N)c(-c2ccc([N+](=O)[O-])cc2)c(C#N)c1=O)c1nc2ccccc2[nH]1. The number of phenols is 1. The minimum absolute atomic E-state index is 0.0489. The van der Waals surface area contributed by atoms with E-state index in [0.717, 1.165) is 10.2 Å². The number of aromatic amines is 1. The van der Waals surface area contributed by atoms with Crippen molar-refractivity contribution in [3.05, 3.63) is 116 Å². The lowest BCUT2D eigenvalue weighted by Crippen LogP contribution is -2.23. The van der Waals surface area contributed by atoms with Gasteiger partial charge in [-0.1, -0.05) is 24.3 Å². The van der Waals surface area contributed by atoms with Gasteiger partial charge in [0.1, 0.15) is 34.7 Å². The number of non-ortho nitro benzene ring substituents is 1. The average molecular weight is 543 g/mol. The highest BCUT2D eigenvalue weighted by Crippen LogP contribution is 2.33. The summed E-state index contributed by atoms with van der Waals surface area (Å²) in [5.74, 6) is 0.0450. The summed E-state index contributed by atoms with van der Waals surface area (Å²) in [5, 5.41) is 46.1. The van der Waals surface area contributed by atoms with Crippen molar-refractivity contribution in [2.24, 2.45) is 10.1 Å². The molecule has 12 heteroatoms. The van der Waals surface area contributed by atoms with Crippen LogP contribution in [0.5, 0.6) is 5.75 Å². The predicted molar refractivity (Wildman–Crippen MR) is 151 cm³/mol. The lowest BCUT2D eigenvalue weighted by molar-refractivity contribution is -0.384.